The average Bonchev–Trinajstić information content (AvgIpc) is 3.14. The van der Waals surface area contributed by atoms with Crippen LogP contribution in [0.25, 0.3) is 11.5 Å². The van der Waals surface area contributed by atoms with Crippen LogP contribution >= 0.6 is 11.8 Å². The van der Waals surface area contributed by atoms with Crippen LogP contribution < -0.4 is 9.47 Å². The number of benzene rings is 2. The van der Waals surface area contributed by atoms with Gasteiger partial charge in [-0.05, 0) is 30.3 Å². The highest BCUT2D eigenvalue weighted by molar-refractivity contribution is 7.99. The normalized spacial score (nSPS) is 10.6. The molecule has 2 N–H and O–H groups in total. The molecule has 0 spiro atoms. The maximum Gasteiger partial charge on any atom is 0.277 e. The Kier molecular flexibility index (Phi) is 5.51. The van der Waals surface area contributed by atoms with E-state index >= 15 is 0 Å². The zero-order valence-electron chi connectivity index (χ0n) is 14.5. The molecule has 0 aliphatic rings. The zero-order chi connectivity index (χ0) is 19.4. The van der Waals surface area contributed by atoms with Crippen molar-refractivity contribution in [2.75, 3.05) is 20.0 Å². The van der Waals surface area contributed by atoms with Crippen LogP contribution in [-0.4, -0.2) is 46.2 Å². The number of carbonyl (C=O) groups excluding carboxylic acids is 1. The van der Waals surface area contributed by atoms with E-state index in [0.29, 0.717) is 17.1 Å². The second-order valence-corrected chi connectivity index (χ2v) is 6.28. The molecule has 0 radical (unpaired) electrons. The van der Waals surface area contributed by atoms with E-state index < -0.39 is 0 Å². The third kappa shape index (κ3) is 4.14. The highest BCUT2D eigenvalue weighted by Crippen LogP contribution is 2.33. The number of ketones is 1. The van der Waals surface area contributed by atoms with Gasteiger partial charge in [-0.15, -0.1) is 10.2 Å². The van der Waals surface area contributed by atoms with Crippen molar-refractivity contribution in [3.63, 3.8) is 0 Å². The number of carbonyl (C=O) groups is 1. The molecular formula is C18H16N2O6S. The fraction of sp³-hybridized carbons (Fsp3) is 0.167. The largest absolute Gasteiger partial charge is 0.508 e. The molecule has 0 aliphatic carbocycles. The Bertz CT molecular complexity index is 972. The van der Waals surface area contributed by atoms with Gasteiger partial charge in [0.05, 0.1) is 25.5 Å². The minimum absolute atomic E-state index is 0.00803. The smallest absolute Gasteiger partial charge is 0.277 e. The van der Waals surface area contributed by atoms with Crippen LogP contribution in [0.4, 0.5) is 0 Å². The summed E-state index contributed by atoms with van der Waals surface area (Å²) >= 11 is 1.05. The summed E-state index contributed by atoms with van der Waals surface area (Å²) in [5.74, 6) is 0.647. The van der Waals surface area contributed by atoms with Crippen molar-refractivity contribution in [2.45, 2.75) is 5.22 Å². The number of aromatic hydroxyl groups is 2. The standard InChI is InChI=1S/C18H16N2O6S/c1-24-15-6-3-10(7-16(15)25-2)17-19-20-18(26-17)27-9-14(23)12-5-4-11(21)8-13(12)22/h3-8,21-22H,9H2,1-2H3. The van der Waals surface area contributed by atoms with E-state index in [-0.39, 0.29) is 39.7 Å². The Morgan fingerprint density at radius 1 is 1.07 bits per heavy atom. The molecular weight excluding hydrogens is 372 g/mol. The van der Waals surface area contributed by atoms with Gasteiger partial charge in [0.1, 0.15) is 11.5 Å². The van der Waals surface area contributed by atoms with Crippen molar-refractivity contribution in [3.05, 3.63) is 42.0 Å². The van der Waals surface area contributed by atoms with Crippen molar-refractivity contribution in [1.29, 1.82) is 0 Å². The number of aromatic nitrogens is 2. The average molecular weight is 388 g/mol. The molecule has 0 unspecified atom stereocenters. The molecule has 140 valence electrons. The summed E-state index contributed by atoms with van der Waals surface area (Å²) in [5.41, 5.74) is 0.759. The van der Waals surface area contributed by atoms with E-state index in [1.54, 1.807) is 25.3 Å². The second kappa shape index (κ2) is 8.00. The molecule has 0 saturated heterocycles. The molecule has 0 fully saturated rings. The Hall–Kier alpha value is -3.20. The van der Waals surface area contributed by atoms with Crippen molar-refractivity contribution in [2.24, 2.45) is 0 Å². The van der Waals surface area contributed by atoms with Gasteiger partial charge in [-0.3, -0.25) is 4.79 Å². The van der Waals surface area contributed by atoms with Gasteiger partial charge in [0.25, 0.3) is 5.22 Å². The molecule has 0 bridgehead atoms. The molecule has 2 aromatic carbocycles. The predicted molar refractivity (Wildman–Crippen MR) is 97.7 cm³/mol. The van der Waals surface area contributed by atoms with Crippen LogP contribution in [0.15, 0.2) is 46.0 Å². The van der Waals surface area contributed by atoms with Gasteiger partial charge in [-0.25, -0.2) is 0 Å². The lowest BCUT2D eigenvalue weighted by atomic mass is 10.1. The number of phenolic OH excluding ortho intramolecular Hbond substituents is 2. The first kappa shape index (κ1) is 18.6. The third-order valence-electron chi connectivity index (χ3n) is 3.65. The Morgan fingerprint density at radius 2 is 1.85 bits per heavy atom. The van der Waals surface area contributed by atoms with Crippen molar-refractivity contribution >= 4 is 17.5 Å². The predicted octanol–water partition coefficient (Wildman–Crippen LogP) is 3.14. The third-order valence-corrected chi connectivity index (χ3v) is 4.46. The summed E-state index contributed by atoms with van der Waals surface area (Å²) < 4.78 is 16.0. The van der Waals surface area contributed by atoms with Gasteiger partial charge in [0.2, 0.25) is 5.89 Å². The zero-order valence-corrected chi connectivity index (χ0v) is 15.3. The molecule has 1 aromatic heterocycles. The van der Waals surface area contributed by atoms with Gasteiger partial charge < -0.3 is 24.1 Å². The van der Waals surface area contributed by atoms with Gasteiger partial charge in [-0.1, -0.05) is 11.8 Å². The van der Waals surface area contributed by atoms with Gasteiger partial charge >= 0.3 is 0 Å². The van der Waals surface area contributed by atoms with Gasteiger partial charge in [0, 0.05) is 11.6 Å². The van der Waals surface area contributed by atoms with Crippen LogP contribution in [0.2, 0.25) is 0 Å². The fourth-order valence-electron chi connectivity index (χ4n) is 2.31. The summed E-state index contributed by atoms with van der Waals surface area (Å²) in [5, 5.41) is 27.1. The minimum Gasteiger partial charge on any atom is -0.508 e. The van der Waals surface area contributed by atoms with Crippen LogP contribution in [0.5, 0.6) is 23.0 Å². The number of methoxy groups -OCH3 is 2. The second-order valence-electron chi connectivity index (χ2n) is 5.36. The van der Waals surface area contributed by atoms with Crippen molar-refractivity contribution < 1.29 is 28.9 Å². The molecule has 0 aliphatic heterocycles. The summed E-state index contributed by atoms with van der Waals surface area (Å²) in [6.45, 7) is 0. The Balaban J connectivity index is 1.70. The van der Waals surface area contributed by atoms with Gasteiger partial charge in [-0.2, -0.15) is 0 Å². The van der Waals surface area contributed by atoms with E-state index in [9.17, 15) is 15.0 Å². The number of hydrogen-bond acceptors (Lipinski definition) is 9. The van der Waals surface area contributed by atoms with Crippen molar-refractivity contribution in [1.82, 2.24) is 10.2 Å². The molecule has 9 heteroatoms. The summed E-state index contributed by atoms with van der Waals surface area (Å²) in [6, 6.07) is 8.99. The maximum atomic E-state index is 12.2. The van der Waals surface area contributed by atoms with Crippen LogP contribution in [0.3, 0.4) is 0 Å². The highest BCUT2D eigenvalue weighted by atomic mass is 32.2. The first-order valence-electron chi connectivity index (χ1n) is 7.75. The molecule has 27 heavy (non-hydrogen) atoms. The number of rotatable bonds is 7. The van der Waals surface area contributed by atoms with E-state index in [4.69, 9.17) is 13.9 Å². The number of hydrogen-bond donors (Lipinski definition) is 2. The topological polar surface area (TPSA) is 115 Å². The van der Waals surface area contributed by atoms with Crippen LogP contribution in [0.1, 0.15) is 10.4 Å². The molecule has 0 amide bonds. The Morgan fingerprint density at radius 3 is 2.56 bits per heavy atom. The number of nitrogens with zero attached hydrogens (tertiary/aromatic N) is 2. The van der Waals surface area contributed by atoms with E-state index in [1.807, 2.05) is 0 Å². The summed E-state index contributed by atoms with van der Waals surface area (Å²) in [4.78, 5) is 12.2. The molecule has 8 nitrogen and oxygen atoms in total. The molecule has 0 atom stereocenters. The number of phenols is 2. The van der Waals surface area contributed by atoms with Crippen LogP contribution in [-0.2, 0) is 0 Å². The fourth-order valence-corrected chi connectivity index (χ4v) is 2.96. The maximum absolute atomic E-state index is 12.2. The summed E-state index contributed by atoms with van der Waals surface area (Å²) in [7, 11) is 3.07. The number of thioether (sulfide) groups is 1. The molecule has 0 saturated carbocycles. The lowest BCUT2D eigenvalue weighted by molar-refractivity contribution is 0.101. The first-order valence-corrected chi connectivity index (χ1v) is 8.74. The molecule has 1 heterocycles. The number of ether oxygens (including phenoxy) is 2. The van der Waals surface area contributed by atoms with E-state index in [0.717, 1.165) is 17.8 Å². The quantitative estimate of drug-likeness (QED) is 0.465. The monoisotopic (exact) mass is 388 g/mol. The lowest BCUT2D eigenvalue weighted by Gasteiger charge is -2.07. The van der Waals surface area contributed by atoms with E-state index in [1.165, 1.54) is 19.2 Å². The Labute approximate surface area is 158 Å². The molecule has 3 aromatic rings. The summed E-state index contributed by atoms with van der Waals surface area (Å²) in [6.07, 6.45) is 0. The van der Waals surface area contributed by atoms with E-state index in [2.05, 4.69) is 10.2 Å². The molecule has 3 rings (SSSR count). The lowest BCUT2D eigenvalue weighted by Crippen LogP contribution is -2.02. The number of Topliss-reactive ketones (excluding diaryl/α,β-unsaturated/α-hetero) is 1. The van der Waals surface area contributed by atoms with Crippen LogP contribution in [0, 0.1) is 0 Å². The minimum atomic E-state index is -0.330. The van der Waals surface area contributed by atoms with Crippen molar-refractivity contribution in [3.8, 4) is 34.5 Å². The van der Waals surface area contributed by atoms with Gasteiger partial charge in [0.15, 0.2) is 17.3 Å². The first-order chi connectivity index (χ1) is 13.0. The SMILES string of the molecule is COc1ccc(-c2nnc(SCC(=O)c3ccc(O)cc3O)o2)cc1OC. The highest BCUT2D eigenvalue weighted by Gasteiger charge is 2.16.